The van der Waals surface area contributed by atoms with Gasteiger partial charge in [0.2, 0.25) is 0 Å². The zero-order valence-corrected chi connectivity index (χ0v) is 13.5. The van der Waals surface area contributed by atoms with Crippen LogP contribution in [0.2, 0.25) is 0 Å². The van der Waals surface area contributed by atoms with Crippen molar-refractivity contribution in [2.24, 2.45) is 0 Å². The molecule has 0 radical (unpaired) electrons. The van der Waals surface area contributed by atoms with Crippen molar-refractivity contribution in [2.45, 2.75) is 13.5 Å². The van der Waals surface area contributed by atoms with Gasteiger partial charge in [-0.25, -0.2) is 4.39 Å². The Balaban J connectivity index is 1.68. The van der Waals surface area contributed by atoms with E-state index in [9.17, 15) is 9.18 Å². The number of ether oxygens (including phenoxy) is 1. The molecule has 7 nitrogen and oxygen atoms in total. The standard InChI is InChI=1S/C17H16FN5O2/c1-2-25-15-8-6-12(7-9-15)17(24)19-11-16-20-21-22-23(16)14-5-3-4-13(18)10-14/h3-10H,2,11H2,1H3,(H,19,24). The van der Waals surface area contributed by atoms with Crippen molar-refractivity contribution < 1.29 is 13.9 Å². The molecule has 0 aliphatic heterocycles. The maximum atomic E-state index is 13.4. The minimum Gasteiger partial charge on any atom is -0.494 e. The number of carbonyl (C=O) groups is 1. The molecule has 1 heterocycles. The van der Waals surface area contributed by atoms with Gasteiger partial charge >= 0.3 is 0 Å². The van der Waals surface area contributed by atoms with Gasteiger partial charge in [-0.3, -0.25) is 4.79 Å². The lowest BCUT2D eigenvalue weighted by atomic mass is 10.2. The monoisotopic (exact) mass is 341 g/mol. The van der Waals surface area contributed by atoms with E-state index >= 15 is 0 Å². The second kappa shape index (κ2) is 7.52. The van der Waals surface area contributed by atoms with Crippen LogP contribution in [0.4, 0.5) is 4.39 Å². The Bertz CT molecular complexity index is 863. The minimum atomic E-state index is -0.391. The van der Waals surface area contributed by atoms with E-state index in [0.29, 0.717) is 29.4 Å². The van der Waals surface area contributed by atoms with Crippen LogP contribution < -0.4 is 10.1 Å². The minimum absolute atomic E-state index is 0.107. The molecule has 0 aliphatic carbocycles. The summed E-state index contributed by atoms with van der Waals surface area (Å²) in [5.74, 6) is 0.438. The number of nitrogens with one attached hydrogen (secondary N) is 1. The molecule has 3 aromatic rings. The molecule has 1 aromatic heterocycles. The lowest BCUT2D eigenvalue weighted by Gasteiger charge is -2.07. The quantitative estimate of drug-likeness (QED) is 0.743. The topological polar surface area (TPSA) is 81.9 Å². The molecule has 128 valence electrons. The fraction of sp³-hybridized carbons (Fsp3) is 0.176. The number of nitrogens with zero attached hydrogens (tertiary/aromatic N) is 4. The summed E-state index contributed by atoms with van der Waals surface area (Å²) in [4.78, 5) is 12.2. The number of carbonyl (C=O) groups excluding carboxylic acids is 1. The summed E-state index contributed by atoms with van der Waals surface area (Å²) in [5, 5.41) is 14.0. The predicted octanol–water partition coefficient (Wildman–Crippen LogP) is 2.13. The van der Waals surface area contributed by atoms with Crippen LogP contribution in [0.5, 0.6) is 5.75 Å². The third kappa shape index (κ3) is 3.97. The Morgan fingerprint density at radius 3 is 2.76 bits per heavy atom. The molecule has 0 unspecified atom stereocenters. The molecule has 8 heteroatoms. The first-order valence-corrected chi connectivity index (χ1v) is 7.71. The number of tetrazole rings is 1. The van der Waals surface area contributed by atoms with Crippen LogP contribution in [0.3, 0.4) is 0 Å². The zero-order valence-electron chi connectivity index (χ0n) is 13.5. The summed E-state index contributed by atoms with van der Waals surface area (Å²) in [6.07, 6.45) is 0. The van der Waals surface area contributed by atoms with E-state index in [-0.39, 0.29) is 12.5 Å². The molecular weight excluding hydrogens is 325 g/mol. The highest BCUT2D eigenvalue weighted by Crippen LogP contribution is 2.13. The van der Waals surface area contributed by atoms with Gasteiger partial charge in [0.25, 0.3) is 5.91 Å². The van der Waals surface area contributed by atoms with Crippen molar-refractivity contribution >= 4 is 5.91 Å². The molecule has 2 aromatic carbocycles. The Labute approximate surface area is 143 Å². The summed E-state index contributed by atoms with van der Waals surface area (Å²) >= 11 is 0. The van der Waals surface area contributed by atoms with E-state index in [4.69, 9.17) is 4.74 Å². The summed E-state index contributed by atoms with van der Waals surface area (Å²) in [6.45, 7) is 2.56. The smallest absolute Gasteiger partial charge is 0.251 e. The van der Waals surface area contributed by atoms with Crippen molar-refractivity contribution in [1.82, 2.24) is 25.5 Å². The summed E-state index contributed by atoms with van der Waals surface area (Å²) in [6, 6.07) is 12.7. The Morgan fingerprint density at radius 2 is 2.04 bits per heavy atom. The maximum absolute atomic E-state index is 13.4. The van der Waals surface area contributed by atoms with Crippen LogP contribution in [0.25, 0.3) is 5.69 Å². The van der Waals surface area contributed by atoms with Crippen molar-refractivity contribution in [3.05, 3.63) is 65.7 Å². The van der Waals surface area contributed by atoms with Crippen LogP contribution in [-0.4, -0.2) is 32.7 Å². The van der Waals surface area contributed by atoms with Crippen molar-refractivity contribution in [1.29, 1.82) is 0 Å². The van der Waals surface area contributed by atoms with Gasteiger partial charge in [-0.15, -0.1) is 5.10 Å². The third-order valence-electron chi connectivity index (χ3n) is 3.42. The molecule has 0 bridgehead atoms. The van der Waals surface area contributed by atoms with Crippen LogP contribution in [0.15, 0.2) is 48.5 Å². The molecule has 0 saturated heterocycles. The SMILES string of the molecule is CCOc1ccc(C(=O)NCc2nnnn2-c2cccc(F)c2)cc1. The average molecular weight is 341 g/mol. The number of rotatable bonds is 6. The van der Waals surface area contributed by atoms with E-state index in [2.05, 4.69) is 20.8 Å². The van der Waals surface area contributed by atoms with Gasteiger partial charge in [0.05, 0.1) is 18.8 Å². The van der Waals surface area contributed by atoms with E-state index in [1.54, 1.807) is 36.4 Å². The number of amides is 1. The average Bonchev–Trinajstić information content (AvgIpc) is 3.09. The van der Waals surface area contributed by atoms with Gasteiger partial charge in [-0.05, 0) is 59.8 Å². The molecule has 0 atom stereocenters. The van der Waals surface area contributed by atoms with Gasteiger partial charge in [0, 0.05) is 5.56 Å². The van der Waals surface area contributed by atoms with Gasteiger partial charge in [0.1, 0.15) is 11.6 Å². The normalized spacial score (nSPS) is 10.5. The molecule has 25 heavy (non-hydrogen) atoms. The number of hydrogen-bond donors (Lipinski definition) is 1. The Morgan fingerprint density at radius 1 is 1.24 bits per heavy atom. The molecule has 0 saturated carbocycles. The van der Waals surface area contributed by atoms with E-state index in [1.165, 1.54) is 16.8 Å². The number of benzene rings is 2. The highest BCUT2D eigenvalue weighted by atomic mass is 19.1. The van der Waals surface area contributed by atoms with Gasteiger partial charge < -0.3 is 10.1 Å². The molecule has 3 rings (SSSR count). The predicted molar refractivity (Wildman–Crippen MR) is 87.9 cm³/mol. The van der Waals surface area contributed by atoms with Gasteiger partial charge in [-0.2, -0.15) is 4.68 Å². The van der Waals surface area contributed by atoms with Crippen LogP contribution >= 0.6 is 0 Å². The second-order valence-corrected chi connectivity index (χ2v) is 5.13. The van der Waals surface area contributed by atoms with Gasteiger partial charge in [-0.1, -0.05) is 6.07 Å². The third-order valence-corrected chi connectivity index (χ3v) is 3.42. The molecular formula is C17H16FN5O2. The lowest BCUT2D eigenvalue weighted by molar-refractivity contribution is 0.0949. The molecule has 0 aliphatic rings. The summed E-state index contributed by atoms with van der Waals surface area (Å²) in [5.41, 5.74) is 0.976. The number of aromatic nitrogens is 4. The fourth-order valence-corrected chi connectivity index (χ4v) is 2.25. The number of halogens is 1. The highest BCUT2D eigenvalue weighted by molar-refractivity contribution is 5.94. The number of hydrogen-bond acceptors (Lipinski definition) is 5. The second-order valence-electron chi connectivity index (χ2n) is 5.13. The van der Waals surface area contributed by atoms with E-state index in [1.807, 2.05) is 6.92 Å². The van der Waals surface area contributed by atoms with Crippen LogP contribution in [-0.2, 0) is 6.54 Å². The Hall–Kier alpha value is -3.29. The summed E-state index contributed by atoms with van der Waals surface area (Å²) in [7, 11) is 0. The first-order chi connectivity index (χ1) is 12.2. The zero-order chi connectivity index (χ0) is 17.6. The van der Waals surface area contributed by atoms with Crippen molar-refractivity contribution in [2.75, 3.05) is 6.61 Å². The molecule has 0 spiro atoms. The Kier molecular flexibility index (Phi) is 4.98. The maximum Gasteiger partial charge on any atom is 0.251 e. The van der Waals surface area contributed by atoms with E-state index < -0.39 is 5.82 Å². The van der Waals surface area contributed by atoms with E-state index in [0.717, 1.165) is 0 Å². The van der Waals surface area contributed by atoms with Gasteiger partial charge in [0.15, 0.2) is 5.82 Å². The molecule has 1 amide bonds. The highest BCUT2D eigenvalue weighted by Gasteiger charge is 2.11. The first kappa shape index (κ1) is 16.6. The first-order valence-electron chi connectivity index (χ1n) is 7.71. The summed E-state index contributed by atoms with van der Waals surface area (Å²) < 4.78 is 20.1. The van der Waals surface area contributed by atoms with Crippen molar-refractivity contribution in [3.8, 4) is 11.4 Å². The van der Waals surface area contributed by atoms with Crippen LogP contribution in [0.1, 0.15) is 23.1 Å². The largest absolute Gasteiger partial charge is 0.494 e. The molecule has 1 N–H and O–H groups in total. The fourth-order valence-electron chi connectivity index (χ4n) is 2.25. The lowest BCUT2D eigenvalue weighted by Crippen LogP contribution is -2.24. The van der Waals surface area contributed by atoms with Crippen LogP contribution in [0, 0.1) is 5.82 Å². The van der Waals surface area contributed by atoms with Crippen molar-refractivity contribution in [3.63, 3.8) is 0 Å². The molecule has 0 fully saturated rings.